The number of hydrogen-bond donors (Lipinski definition) is 0. The van der Waals surface area contributed by atoms with Crippen LogP contribution in [0.5, 0.6) is 0 Å². The molecule has 0 aliphatic carbocycles. The number of allylic oxidation sites excluding steroid dienone is 1. The maximum absolute atomic E-state index is 12.6. The minimum absolute atomic E-state index is 0.228. The highest BCUT2D eigenvalue weighted by Crippen LogP contribution is 2.31. The SMILES string of the molecule is C=CCN1C(=O)/C(=C\c2ccc(C(=O)OC)cc2)C(C(=O)OC)=C1C. The van der Waals surface area contributed by atoms with Crippen molar-refractivity contribution >= 4 is 23.9 Å². The van der Waals surface area contributed by atoms with Gasteiger partial charge in [0.2, 0.25) is 0 Å². The first-order chi connectivity index (χ1) is 11.9. The Morgan fingerprint density at radius 1 is 1.12 bits per heavy atom. The Morgan fingerprint density at radius 3 is 2.24 bits per heavy atom. The van der Waals surface area contributed by atoms with Gasteiger partial charge in [-0.2, -0.15) is 0 Å². The molecule has 6 nitrogen and oxygen atoms in total. The molecule has 0 bridgehead atoms. The van der Waals surface area contributed by atoms with E-state index in [1.54, 1.807) is 43.3 Å². The highest BCUT2D eigenvalue weighted by atomic mass is 16.5. The van der Waals surface area contributed by atoms with Crippen molar-refractivity contribution in [3.05, 3.63) is 64.9 Å². The summed E-state index contributed by atoms with van der Waals surface area (Å²) in [5, 5.41) is 0. The van der Waals surface area contributed by atoms with Gasteiger partial charge in [-0.3, -0.25) is 4.79 Å². The van der Waals surface area contributed by atoms with Crippen LogP contribution in [0.4, 0.5) is 0 Å². The van der Waals surface area contributed by atoms with Gasteiger partial charge in [0, 0.05) is 12.2 Å². The van der Waals surface area contributed by atoms with Crippen LogP contribution in [0.1, 0.15) is 22.8 Å². The smallest absolute Gasteiger partial charge is 0.340 e. The molecule has 2 rings (SSSR count). The topological polar surface area (TPSA) is 72.9 Å². The third-order valence-electron chi connectivity index (χ3n) is 3.86. The Balaban J connectivity index is 2.45. The predicted octanol–water partition coefficient (Wildman–Crippen LogP) is 2.33. The number of esters is 2. The van der Waals surface area contributed by atoms with Gasteiger partial charge >= 0.3 is 11.9 Å². The van der Waals surface area contributed by atoms with Crippen molar-refractivity contribution in [2.45, 2.75) is 6.92 Å². The maximum atomic E-state index is 12.6. The standard InChI is InChI=1S/C19H19NO5/c1-5-10-20-12(2)16(19(23)25-4)15(17(20)21)11-13-6-8-14(9-7-13)18(22)24-3/h5-9,11H,1,10H2,2-4H3/b15-11-. The molecular formula is C19H19NO5. The summed E-state index contributed by atoms with van der Waals surface area (Å²) >= 11 is 0. The lowest BCUT2D eigenvalue weighted by molar-refractivity contribution is -0.136. The normalized spacial score (nSPS) is 15.6. The lowest BCUT2D eigenvalue weighted by Gasteiger charge is -2.14. The lowest BCUT2D eigenvalue weighted by atomic mass is 10.0. The molecule has 0 N–H and O–H groups in total. The van der Waals surface area contributed by atoms with E-state index < -0.39 is 11.9 Å². The Hall–Kier alpha value is -3.15. The zero-order valence-corrected chi connectivity index (χ0v) is 14.4. The van der Waals surface area contributed by atoms with E-state index in [1.165, 1.54) is 19.1 Å². The summed E-state index contributed by atoms with van der Waals surface area (Å²) in [5.41, 5.74) is 2.07. The van der Waals surface area contributed by atoms with Crippen LogP contribution in [-0.4, -0.2) is 43.5 Å². The molecule has 0 saturated carbocycles. The van der Waals surface area contributed by atoms with Crippen molar-refractivity contribution in [2.24, 2.45) is 0 Å². The van der Waals surface area contributed by atoms with Crippen LogP contribution >= 0.6 is 0 Å². The Labute approximate surface area is 146 Å². The van der Waals surface area contributed by atoms with Crippen molar-refractivity contribution in [2.75, 3.05) is 20.8 Å². The van der Waals surface area contributed by atoms with E-state index in [0.29, 0.717) is 23.4 Å². The molecule has 0 atom stereocenters. The van der Waals surface area contributed by atoms with Gasteiger partial charge in [0.25, 0.3) is 5.91 Å². The predicted molar refractivity (Wildman–Crippen MR) is 92.4 cm³/mol. The van der Waals surface area contributed by atoms with Gasteiger partial charge in [-0.1, -0.05) is 18.2 Å². The quantitative estimate of drug-likeness (QED) is 0.467. The summed E-state index contributed by atoms with van der Waals surface area (Å²) in [7, 11) is 2.58. The van der Waals surface area contributed by atoms with E-state index in [-0.39, 0.29) is 17.1 Å². The number of benzene rings is 1. The molecule has 0 saturated heterocycles. The zero-order valence-electron chi connectivity index (χ0n) is 14.4. The second-order valence-corrected chi connectivity index (χ2v) is 5.33. The maximum Gasteiger partial charge on any atom is 0.340 e. The van der Waals surface area contributed by atoms with Gasteiger partial charge in [-0.25, -0.2) is 9.59 Å². The van der Waals surface area contributed by atoms with Crippen molar-refractivity contribution in [3.63, 3.8) is 0 Å². The molecule has 130 valence electrons. The minimum Gasteiger partial charge on any atom is -0.465 e. The molecule has 1 aromatic carbocycles. The van der Waals surface area contributed by atoms with Crippen LogP contribution in [0.2, 0.25) is 0 Å². The molecule has 1 aliphatic heterocycles. The monoisotopic (exact) mass is 341 g/mol. The molecule has 0 unspecified atom stereocenters. The molecule has 0 fully saturated rings. The Kier molecular flexibility index (Phi) is 5.54. The summed E-state index contributed by atoms with van der Waals surface area (Å²) in [5.74, 6) is -1.32. The molecule has 0 spiro atoms. The highest BCUT2D eigenvalue weighted by molar-refractivity contribution is 6.16. The lowest BCUT2D eigenvalue weighted by Crippen LogP contribution is -2.24. The van der Waals surface area contributed by atoms with Crippen molar-refractivity contribution in [1.82, 2.24) is 4.90 Å². The number of amides is 1. The summed E-state index contributed by atoms with van der Waals surface area (Å²) in [4.78, 5) is 37.7. The first-order valence-corrected chi connectivity index (χ1v) is 7.57. The van der Waals surface area contributed by atoms with Crippen molar-refractivity contribution in [3.8, 4) is 0 Å². The second kappa shape index (κ2) is 7.61. The van der Waals surface area contributed by atoms with Gasteiger partial charge in [0.05, 0.1) is 30.9 Å². The van der Waals surface area contributed by atoms with Gasteiger partial charge in [-0.15, -0.1) is 6.58 Å². The van der Waals surface area contributed by atoms with Crippen LogP contribution in [0.3, 0.4) is 0 Å². The van der Waals surface area contributed by atoms with Crippen molar-refractivity contribution in [1.29, 1.82) is 0 Å². The van der Waals surface area contributed by atoms with Crippen LogP contribution in [-0.2, 0) is 19.1 Å². The second-order valence-electron chi connectivity index (χ2n) is 5.33. The third-order valence-corrected chi connectivity index (χ3v) is 3.86. The molecule has 1 amide bonds. The Bertz CT molecular complexity index is 787. The number of ether oxygens (including phenoxy) is 2. The number of carbonyl (C=O) groups excluding carboxylic acids is 3. The minimum atomic E-state index is -0.574. The molecule has 6 heteroatoms. The van der Waals surface area contributed by atoms with Gasteiger partial charge in [0.15, 0.2) is 0 Å². The zero-order chi connectivity index (χ0) is 18.6. The average Bonchev–Trinajstić information content (AvgIpc) is 2.85. The number of nitrogens with zero attached hydrogens (tertiary/aromatic N) is 1. The Morgan fingerprint density at radius 2 is 1.72 bits per heavy atom. The first-order valence-electron chi connectivity index (χ1n) is 7.57. The van der Waals surface area contributed by atoms with Crippen LogP contribution in [0.25, 0.3) is 6.08 Å². The molecule has 1 aromatic rings. The summed E-state index contributed by atoms with van der Waals surface area (Å²) in [6.07, 6.45) is 3.19. The number of rotatable bonds is 5. The first kappa shape index (κ1) is 18.2. The summed E-state index contributed by atoms with van der Waals surface area (Å²) in [6, 6.07) is 6.53. The van der Waals surface area contributed by atoms with Crippen LogP contribution in [0, 0.1) is 0 Å². The van der Waals surface area contributed by atoms with E-state index >= 15 is 0 Å². The highest BCUT2D eigenvalue weighted by Gasteiger charge is 2.36. The van der Waals surface area contributed by atoms with E-state index in [1.807, 2.05) is 0 Å². The molecule has 0 aromatic heterocycles. The summed E-state index contributed by atoms with van der Waals surface area (Å²) < 4.78 is 9.46. The van der Waals surface area contributed by atoms with Crippen LogP contribution in [0.15, 0.2) is 53.8 Å². The van der Waals surface area contributed by atoms with Crippen molar-refractivity contribution < 1.29 is 23.9 Å². The number of carbonyl (C=O) groups is 3. The van der Waals surface area contributed by atoms with E-state index in [4.69, 9.17) is 4.74 Å². The van der Waals surface area contributed by atoms with Gasteiger partial charge in [-0.05, 0) is 30.7 Å². The van der Waals surface area contributed by atoms with Crippen LogP contribution < -0.4 is 0 Å². The van der Waals surface area contributed by atoms with Gasteiger partial charge < -0.3 is 14.4 Å². The number of methoxy groups -OCH3 is 2. The molecule has 0 radical (unpaired) electrons. The molecule has 25 heavy (non-hydrogen) atoms. The number of hydrogen-bond acceptors (Lipinski definition) is 5. The third kappa shape index (κ3) is 3.52. The molecule has 1 heterocycles. The van der Waals surface area contributed by atoms with E-state index in [9.17, 15) is 14.4 Å². The fraction of sp³-hybridized carbons (Fsp3) is 0.211. The molecule has 1 aliphatic rings. The average molecular weight is 341 g/mol. The fourth-order valence-corrected chi connectivity index (χ4v) is 2.58. The summed E-state index contributed by atoms with van der Waals surface area (Å²) in [6.45, 7) is 5.62. The molecular weight excluding hydrogens is 322 g/mol. The van der Waals surface area contributed by atoms with E-state index in [2.05, 4.69) is 11.3 Å². The van der Waals surface area contributed by atoms with Gasteiger partial charge in [0.1, 0.15) is 0 Å². The van der Waals surface area contributed by atoms with E-state index in [0.717, 1.165) is 0 Å². The fourth-order valence-electron chi connectivity index (χ4n) is 2.58. The largest absolute Gasteiger partial charge is 0.465 e.